The minimum absolute atomic E-state index is 0.582. The van der Waals surface area contributed by atoms with Gasteiger partial charge in [0, 0.05) is 6.20 Å². The molecule has 0 unspecified atom stereocenters. The molecule has 0 saturated carbocycles. The first kappa shape index (κ1) is 10.3. The maximum Gasteiger partial charge on any atom is 0.137 e. The van der Waals surface area contributed by atoms with Crippen LogP contribution < -0.4 is 5.73 Å². The Labute approximate surface area is 96.8 Å². The maximum absolute atomic E-state index is 5.66. The fourth-order valence-corrected chi connectivity index (χ4v) is 3.19. The zero-order chi connectivity index (χ0) is 9.97. The molecule has 2 N–H and O–H groups in total. The first-order valence-corrected chi connectivity index (χ1v) is 6.71. The van der Waals surface area contributed by atoms with E-state index < -0.39 is 0 Å². The molecule has 0 aliphatic carbocycles. The number of aromatic nitrogens is 1. The summed E-state index contributed by atoms with van der Waals surface area (Å²) in [6.07, 6.45) is 4.45. The lowest BCUT2D eigenvalue weighted by atomic mass is 9.95. The minimum Gasteiger partial charge on any atom is -0.383 e. The predicted octanol–water partition coefficient (Wildman–Crippen LogP) is 3.04. The Hall–Kier alpha value is -0.220. The molecule has 1 fully saturated rings. The zero-order valence-electron chi connectivity index (χ0n) is 7.87. The molecule has 1 aliphatic rings. The van der Waals surface area contributed by atoms with E-state index in [1.54, 1.807) is 0 Å². The number of rotatable bonds is 1. The first-order chi connectivity index (χ1) is 6.77. The Morgan fingerprint density at radius 1 is 1.43 bits per heavy atom. The van der Waals surface area contributed by atoms with Crippen LogP contribution in [0.1, 0.15) is 24.3 Å². The molecule has 0 atom stereocenters. The second-order valence-corrected chi connectivity index (χ2v) is 5.60. The number of anilines is 1. The molecular formula is C10H13BrN2S. The van der Waals surface area contributed by atoms with Crippen LogP contribution in [0.5, 0.6) is 0 Å². The van der Waals surface area contributed by atoms with Crippen LogP contribution in [-0.4, -0.2) is 16.5 Å². The fourth-order valence-electron chi connectivity index (χ4n) is 1.72. The van der Waals surface area contributed by atoms with Crippen molar-refractivity contribution in [2.45, 2.75) is 18.8 Å². The molecule has 0 aromatic carbocycles. The maximum atomic E-state index is 5.66. The van der Waals surface area contributed by atoms with Crippen LogP contribution in [-0.2, 0) is 0 Å². The van der Waals surface area contributed by atoms with Gasteiger partial charge in [0.15, 0.2) is 0 Å². The van der Waals surface area contributed by atoms with Gasteiger partial charge in [0.1, 0.15) is 5.82 Å². The molecule has 14 heavy (non-hydrogen) atoms. The van der Waals surface area contributed by atoms with Gasteiger partial charge in [-0.3, -0.25) is 0 Å². The largest absolute Gasteiger partial charge is 0.383 e. The summed E-state index contributed by atoms with van der Waals surface area (Å²) in [5.74, 6) is 3.80. The highest BCUT2D eigenvalue weighted by Gasteiger charge is 2.16. The second-order valence-electron chi connectivity index (χ2n) is 3.52. The highest BCUT2D eigenvalue weighted by molar-refractivity contribution is 9.10. The molecule has 4 heteroatoms. The summed E-state index contributed by atoms with van der Waals surface area (Å²) in [4.78, 5) is 4.18. The molecule has 0 bridgehead atoms. The van der Waals surface area contributed by atoms with Crippen LogP contribution in [0, 0.1) is 0 Å². The van der Waals surface area contributed by atoms with Crippen molar-refractivity contribution >= 4 is 33.5 Å². The summed E-state index contributed by atoms with van der Waals surface area (Å²) in [5, 5.41) is 0. The van der Waals surface area contributed by atoms with E-state index in [1.807, 2.05) is 18.0 Å². The summed E-state index contributed by atoms with van der Waals surface area (Å²) in [6.45, 7) is 0. The van der Waals surface area contributed by atoms with E-state index in [4.69, 9.17) is 5.73 Å². The number of hydrogen-bond donors (Lipinski definition) is 1. The molecule has 0 radical (unpaired) electrons. The quantitative estimate of drug-likeness (QED) is 0.854. The van der Waals surface area contributed by atoms with Crippen LogP contribution in [0.3, 0.4) is 0 Å². The lowest BCUT2D eigenvalue weighted by molar-refractivity contribution is 0.634. The van der Waals surface area contributed by atoms with Gasteiger partial charge < -0.3 is 5.73 Å². The van der Waals surface area contributed by atoms with Gasteiger partial charge in [-0.05, 0) is 57.8 Å². The van der Waals surface area contributed by atoms with Crippen molar-refractivity contribution in [1.82, 2.24) is 4.98 Å². The third-order valence-electron chi connectivity index (χ3n) is 2.58. The van der Waals surface area contributed by atoms with Crippen molar-refractivity contribution in [3.05, 3.63) is 22.3 Å². The van der Waals surface area contributed by atoms with Crippen LogP contribution in [0.4, 0.5) is 5.82 Å². The van der Waals surface area contributed by atoms with Crippen LogP contribution in [0.25, 0.3) is 0 Å². The van der Waals surface area contributed by atoms with E-state index >= 15 is 0 Å². The van der Waals surface area contributed by atoms with E-state index in [9.17, 15) is 0 Å². The summed E-state index contributed by atoms with van der Waals surface area (Å²) in [7, 11) is 0. The van der Waals surface area contributed by atoms with Gasteiger partial charge in [-0.25, -0.2) is 4.98 Å². The lowest BCUT2D eigenvalue weighted by Crippen LogP contribution is -2.08. The molecular weight excluding hydrogens is 260 g/mol. The van der Waals surface area contributed by atoms with Crippen LogP contribution >= 0.6 is 27.7 Å². The second kappa shape index (κ2) is 4.53. The smallest absolute Gasteiger partial charge is 0.137 e. The van der Waals surface area contributed by atoms with Crippen LogP contribution in [0.15, 0.2) is 16.7 Å². The van der Waals surface area contributed by atoms with Gasteiger partial charge in [0.2, 0.25) is 0 Å². The zero-order valence-corrected chi connectivity index (χ0v) is 10.3. The van der Waals surface area contributed by atoms with Crippen molar-refractivity contribution in [3.8, 4) is 0 Å². The summed E-state index contributed by atoms with van der Waals surface area (Å²) < 4.78 is 0.924. The molecule has 1 aliphatic heterocycles. The van der Waals surface area contributed by atoms with Gasteiger partial charge in [0.05, 0.1) is 4.47 Å². The molecule has 2 rings (SSSR count). The molecule has 2 nitrogen and oxygen atoms in total. The van der Waals surface area contributed by atoms with E-state index in [0.29, 0.717) is 11.7 Å². The molecule has 1 aromatic heterocycles. The summed E-state index contributed by atoms with van der Waals surface area (Å²) in [5.41, 5.74) is 6.98. The highest BCUT2D eigenvalue weighted by atomic mass is 79.9. The summed E-state index contributed by atoms with van der Waals surface area (Å²) in [6, 6.07) is 2.11. The first-order valence-electron chi connectivity index (χ1n) is 4.76. The number of thioether (sulfide) groups is 1. The molecule has 1 aromatic rings. The van der Waals surface area contributed by atoms with Crippen molar-refractivity contribution in [2.24, 2.45) is 0 Å². The van der Waals surface area contributed by atoms with Gasteiger partial charge in [-0.1, -0.05) is 0 Å². The number of hydrogen-bond acceptors (Lipinski definition) is 3. The van der Waals surface area contributed by atoms with E-state index in [2.05, 4.69) is 27.0 Å². The Morgan fingerprint density at radius 2 is 2.14 bits per heavy atom. The Morgan fingerprint density at radius 3 is 2.79 bits per heavy atom. The number of nitrogens with two attached hydrogens (primary N) is 1. The molecule has 2 heterocycles. The highest BCUT2D eigenvalue weighted by Crippen LogP contribution is 2.33. The average Bonchev–Trinajstić information content (AvgIpc) is 2.23. The molecule has 0 spiro atoms. The third kappa shape index (κ3) is 2.23. The van der Waals surface area contributed by atoms with Gasteiger partial charge in [-0.2, -0.15) is 11.8 Å². The van der Waals surface area contributed by atoms with Crippen molar-refractivity contribution in [3.63, 3.8) is 0 Å². The van der Waals surface area contributed by atoms with Crippen molar-refractivity contribution in [2.75, 3.05) is 17.2 Å². The monoisotopic (exact) mass is 272 g/mol. The number of pyridine rings is 1. The van der Waals surface area contributed by atoms with E-state index in [1.165, 1.54) is 29.9 Å². The fraction of sp³-hybridized carbons (Fsp3) is 0.500. The van der Waals surface area contributed by atoms with E-state index in [0.717, 1.165) is 4.47 Å². The normalized spacial score (nSPS) is 18.4. The molecule has 76 valence electrons. The lowest BCUT2D eigenvalue weighted by Gasteiger charge is -2.21. The minimum atomic E-state index is 0.582. The van der Waals surface area contributed by atoms with E-state index in [-0.39, 0.29) is 0 Å². The number of halogens is 1. The SMILES string of the molecule is Nc1ncc(C2CCSCC2)cc1Br. The van der Waals surface area contributed by atoms with Gasteiger partial charge >= 0.3 is 0 Å². The van der Waals surface area contributed by atoms with Crippen LogP contribution in [0.2, 0.25) is 0 Å². The summed E-state index contributed by atoms with van der Waals surface area (Å²) >= 11 is 5.46. The van der Waals surface area contributed by atoms with Crippen molar-refractivity contribution < 1.29 is 0 Å². The standard InChI is InChI=1S/C10H13BrN2S/c11-9-5-8(6-13-10(9)12)7-1-3-14-4-2-7/h5-7H,1-4H2,(H2,12,13). The Kier molecular flexibility index (Phi) is 3.34. The Bertz CT molecular complexity index is 324. The average molecular weight is 273 g/mol. The van der Waals surface area contributed by atoms with Gasteiger partial charge in [-0.15, -0.1) is 0 Å². The van der Waals surface area contributed by atoms with Crippen molar-refractivity contribution in [1.29, 1.82) is 0 Å². The topological polar surface area (TPSA) is 38.9 Å². The molecule has 1 saturated heterocycles. The number of nitrogen functional groups attached to an aromatic ring is 1. The van der Waals surface area contributed by atoms with Gasteiger partial charge in [0.25, 0.3) is 0 Å². The predicted molar refractivity (Wildman–Crippen MR) is 65.6 cm³/mol. The third-order valence-corrected chi connectivity index (χ3v) is 4.27. The Balaban J connectivity index is 2.18. The number of nitrogens with zero attached hydrogens (tertiary/aromatic N) is 1. The molecule has 0 amide bonds.